The molecule has 2 aromatic heterocycles. The Balaban J connectivity index is 2.65. The zero-order chi connectivity index (χ0) is 12.7. The van der Waals surface area contributed by atoms with Crippen LogP contribution in [0.4, 0.5) is 0 Å². The van der Waals surface area contributed by atoms with Crippen molar-refractivity contribution in [3.8, 4) is 6.07 Å². The van der Waals surface area contributed by atoms with Crippen LogP contribution in [0, 0.1) is 11.3 Å². The molecule has 0 aliphatic rings. The first-order valence-electron chi connectivity index (χ1n) is 5.71. The minimum absolute atomic E-state index is 0.0477. The molecule has 0 aliphatic heterocycles. The summed E-state index contributed by atoms with van der Waals surface area (Å²) < 4.78 is 7.42. The Bertz CT molecular complexity index is 850. The summed E-state index contributed by atoms with van der Waals surface area (Å²) in [6, 6.07) is 10.8. The van der Waals surface area contributed by atoms with Crippen molar-refractivity contribution in [2.45, 2.75) is 13.5 Å². The van der Waals surface area contributed by atoms with Crippen molar-refractivity contribution in [2.24, 2.45) is 0 Å². The summed E-state index contributed by atoms with van der Waals surface area (Å²) in [5.74, 6) is 0.0477. The van der Waals surface area contributed by atoms with E-state index in [9.17, 15) is 4.79 Å². The molecular formula is C14H10N2O2. The Hall–Kier alpha value is -2.54. The highest BCUT2D eigenvalue weighted by molar-refractivity contribution is 6.04. The van der Waals surface area contributed by atoms with Gasteiger partial charge < -0.3 is 8.98 Å². The summed E-state index contributed by atoms with van der Waals surface area (Å²) in [6.45, 7) is 2.66. The van der Waals surface area contributed by atoms with Crippen molar-refractivity contribution in [3.63, 3.8) is 0 Å². The quantitative estimate of drug-likeness (QED) is 0.654. The number of para-hydroxylation sites is 1. The lowest BCUT2D eigenvalue weighted by atomic mass is 10.2. The summed E-state index contributed by atoms with van der Waals surface area (Å²) in [4.78, 5) is 12.1. The predicted molar refractivity (Wildman–Crippen MR) is 68.4 cm³/mol. The first-order chi connectivity index (χ1) is 8.76. The Labute approximate surface area is 103 Å². The van der Waals surface area contributed by atoms with Crippen LogP contribution < -0.4 is 5.43 Å². The molecule has 4 nitrogen and oxygen atoms in total. The van der Waals surface area contributed by atoms with E-state index >= 15 is 0 Å². The number of hydrogen-bond donors (Lipinski definition) is 0. The van der Waals surface area contributed by atoms with Gasteiger partial charge in [-0.25, -0.2) is 0 Å². The number of nitriles is 1. The van der Waals surface area contributed by atoms with Gasteiger partial charge in [-0.15, -0.1) is 0 Å². The van der Waals surface area contributed by atoms with Crippen molar-refractivity contribution >= 4 is 22.0 Å². The van der Waals surface area contributed by atoms with Gasteiger partial charge in [0.1, 0.15) is 11.6 Å². The van der Waals surface area contributed by atoms with E-state index < -0.39 is 0 Å². The van der Waals surface area contributed by atoms with Crippen LogP contribution in [0.25, 0.3) is 22.0 Å². The van der Waals surface area contributed by atoms with Crippen molar-refractivity contribution in [1.29, 1.82) is 5.26 Å². The molecule has 4 heteroatoms. The fourth-order valence-electron chi connectivity index (χ4n) is 2.33. The SMILES string of the molecule is CCn1c2ccccc2c2oc(C#N)cc(=O)c21. The summed E-state index contributed by atoms with van der Waals surface area (Å²) in [7, 11) is 0. The average Bonchev–Trinajstić information content (AvgIpc) is 2.73. The largest absolute Gasteiger partial charge is 0.443 e. The van der Waals surface area contributed by atoms with Gasteiger partial charge in [0.2, 0.25) is 11.2 Å². The van der Waals surface area contributed by atoms with Gasteiger partial charge in [0.15, 0.2) is 5.58 Å². The Kier molecular flexibility index (Phi) is 2.20. The third-order valence-electron chi connectivity index (χ3n) is 3.06. The minimum atomic E-state index is -0.175. The van der Waals surface area contributed by atoms with E-state index in [-0.39, 0.29) is 11.2 Å². The lowest BCUT2D eigenvalue weighted by molar-refractivity contribution is 0.587. The van der Waals surface area contributed by atoms with E-state index in [0.29, 0.717) is 17.6 Å². The maximum Gasteiger partial charge on any atom is 0.210 e. The topological polar surface area (TPSA) is 58.9 Å². The van der Waals surface area contributed by atoms with Gasteiger partial charge >= 0.3 is 0 Å². The van der Waals surface area contributed by atoms with E-state index in [1.807, 2.05) is 41.8 Å². The molecule has 0 radical (unpaired) electrons. The maximum atomic E-state index is 12.1. The molecule has 3 aromatic rings. The second-order valence-corrected chi connectivity index (χ2v) is 4.03. The Morgan fingerprint density at radius 2 is 2.17 bits per heavy atom. The lowest BCUT2D eigenvalue weighted by Gasteiger charge is -2.00. The van der Waals surface area contributed by atoms with Gasteiger partial charge in [-0.3, -0.25) is 4.79 Å². The Morgan fingerprint density at radius 1 is 1.39 bits per heavy atom. The zero-order valence-corrected chi connectivity index (χ0v) is 9.80. The van der Waals surface area contributed by atoms with Crippen LogP contribution in [0.5, 0.6) is 0 Å². The number of aryl methyl sites for hydroxylation is 1. The fraction of sp³-hybridized carbons (Fsp3) is 0.143. The van der Waals surface area contributed by atoms with E-state index in [2.05, 4.69) is 0 Å². The normalized spacial score (nSPS) is 10.9. The Morgan fingerprint density at radius 3 is 2.89 bits per heavy atom. The molecule has 0 saturated carbocycles. The smallest absolute Gasteiger partial charge is 0.210 e. The van der Waals surface area contributed by atoms with E-state index in [1.54, 1.807) is 0 Å². The van der Waals surface area contributed by atoms with Gasteiger partial charge in [0, 0.05) is 18.0 Å². The number of rotatable bonds is 1. The highest BCUT2D eigenvalue weighted by atomic mass is 16.3. The molecule has 0 N–H and O–H groups in total. The summed E-state index contributed by atoms with van der Waals surface area (Å²) >= 11 is 0. The first kappa shape index (κ1) is 10.6. The van der Waals surface area contributed by atoms with Gasteiger partial charge in [-0.05, 0) is 19.1 Å². The van der Waals surface area contributed by atoms with Gasteiger partial charge in [0.05, 0.1) is 5.52 Å². The molecule has 88 valence electrons. The number of fused-ring (bicyclic) bond motifs is 3. The molecule has 2 heterocycles. The molecule has 0 bridgehead atoms. The van der Waals surface area contributed by atoms with E-state index in [4.69, 9.17) is 9.68 Å². The van der Waals surface area contributed by atoms with Gasteiger partial charge in [0.25, 0.3) is 0 Å². The molecule has 0 atom stereocenters. The van der Waals surface area contributed by atoms with Crippen LogP contribution in [0.2, 0.25) is 0 Å². The molecule has 0 aliphatic carbocycles. The van der Waals surface area contributed by atoms with E-state index in [0.717, 1.165) is 10.9 Å². The van der Waals surface area contributed by atoms with Gasteiger partial charge in [-0.2, -0.15) is 5.26 Å². The van der Waals surface area contributed by atoms with Crippen LogP contribution in [-0.2, 0) is 6.54 Å². The third-order valence-corrected chi connectivity index (χ3v) is 3.06. The zero-order valence-electron chi connectivity index (χ0n) is 9.80. The fourth-order valence-corrected chi connectivity index (χ4v) is 2.33. The number of aromatic nitrogens is 1. The first-order valence-corrected chi connectivity index (χ1v) is 5.71. The molecule has 0 unspecified atom stereocenters. The molecular weight excluding hydrogens is 228 g/mol. The standard InChI is InChI=1S/C14H10N2O2/c1-2-16-11-6-4-3-5-10(11)14-13(16)12(17)7-9(8-15)18-14/h3-7H,2H2,1H3. The molecule has 0 spiro atoms. The second kappa shape index (κ2) is 3.74. The number of nitrogens with zero attached hydrogens (tertiary/aromatic N) is 2. The highest BCUT2D eigenvalue weighted by Crippen LogP contribution is 2.27. The number of benzene rings is 1. The van der Waals surface area contributed by atoms with Crippen LogP contribution in [0.15, 0.2) is 39.5 Å². The predicted octanol–water partition coefficient (Wildman–Crippen LogP) is 2.64. The molecule has 0 saturated heterocycles. The summed E-state index contributed by atoms with van der Waals surface area (Å²) in [6.07, 6.45) is 0. The van der Waals surface area contributed by atoms with Gasteiger partial charge in [-0.1, -0.05) is 12.1 Å². The monoisotopic (exact) mass is 238 g/mol. The third kappa shape index (κ3) is 1.28. The average molecular weight is 238 g/mol. The highest BCUT2D eigenvalue weighted by Gasteiger charge is 2.15. The van der Waals surface area contributed by atoms with Crippen molar-refractivity contribution in [1.82, 2.24) is 4.57 Å². The molecule has 3 rings (SSSR count). The van der Waals surface area contributed by atoms with Crippen molar-refractivity contribution in [2.75, 3.05) is 0 Å². The molecule has 0 fully saturated rings. The van der Waals surface area contributed by atoms with Crippen molar-refractivity contribution < 1.29 is 4.42 Å². The summed E-state index contributed by atoms with van der Waals surface area (Å²) in [5, 5.41) is 9.73. The van der Waals surface area contributed by atoms with Crippen molar-refractivity contribution in [3.05, 3.63) is 46.3 Å². The van der Waals surface area contributed by atoms with Crippen LogP contribution in [0.1, 0.15) is 12.7 Å². The number of hydrogen-bond acceptors (Lipinski definition) is 3. The second-order valence-electron chi connectivity index (χ2n) is 4.03. The maximum absolute atomic E-state index is 12.1. The van der Waals surface area contributed by atoms with Crippen LogP contribution in [-0.4, -0.2) is 4.57 Å². The van der Waals surface area contributed by atoms with Crippen LogP contribution in [0.3, 0.4) is 0 Å². The van der Waals surface area contributed by atoms with E-state index in [1.165, 1.54) is 6.07 Å². The van der Waals surface area contributed by atoms with Crippen LogP contribution >= 0.6 is 0 Å². The lowest BCUT2D eigenvalue weighted by Crippen LogP contribution is -2.06. The molecule has 1 aromatic carbocycles. The molecule has 18 heavy (non-hydrogen) atoms. The minimum Gasteiger partial charge on any atom is -0.443 e. The summed E-state index contributed by atoms with van der Waals surface area (Å²) in [5.41, 5.74) is 1.80. The molecule has 0 amide bonds.